The van der Waals surface area contributed by atoms with E-state index >= 15 is 0 Å². The van der Waals surface area contributed by atoms with Gasteiger partial charge >= 0.3 is 6.03 Å². The van der Waals surface area contributed by atoms with E-state index in [0.717, 1.165) is 51.5 Å². The van der Waals surface area contributed by atoms with Crippen molar-refractivity contribution in [3.8, 4) is 5.75 Å². The number of carbonyl (C=O) groups is 2. The van der Waals surface area contributed by atoms with Crippen molar-refractivity contribution < 1.29 is 24.2 Å². The number of ether oxygens (including phenoxy) is 2. The first kappa shape index (κ1) is 34.7. The largest absolute Gasteiger partial charge is 0.490 e. The summed E-state index contributed by atoms with van der Waals surface area (Å²) in [4.78, 5) is 35.3. The van der Waals surface area contributed by atoms with Gasteiger partial charge in [0.2, 0.25) is 0 Å². The summed E-state index contributed by atoms with van der Waals surface area (Å²) in [6.45, 7) is 8.26. The highest BCUT2D eigenvalue weighted by Gasteiger charge is 2.30. The minimum Gasteiger partial charge on any atom is -0.490 e. The smallest absolute Gasteiger partial charge is 0.319 e. The summed E-state index contributed by atoms with van der Waals surface area (Å²) >= 11 is 0. The molecule has 1 saturated carbocycles. The number of benzene rings is 1. The van der Waals surface area contributed by atoms with E-state index in [1.165, 1.54) is 12.0 Å². The van der Waals surface area contributed by atoms with Crippen LogP contribution in [0.2, 0.25) is 0 Å². The monoisotopic (exact) mass is 623 g/mol. The van der Waals surface area contributed by atoms with E-state index in [4.69, 9.17) is 9.47 Å². The van der Waals surface area contributed by atoms with Gasteiger partial charge in [0.05, 0.1) is 30.4 Å². The SMILES string of the molecule is C[C@@H]1CCCCO[C@H](CN(C)Cc2ccncc2)[C@H](C)CN([C@@H](C)CO)C(=O)c2cc(NC(=O)NC3CCCCC3)ccc2O1. The second-order valence-electron chi connectivity index (χ2n) is 13.0. The molecule has 4 rings (SSSR count). The van der Waals surface area contributed by atoms with Crippen LogP contribution in [0, 0.1) is 5.92 Å². The number of fused-ring (bicyclic) bond motifs is 1. The van der Waals surface area contributed by atoms with Gasteiger partial charge in [-0.15, -0.1) is 0 Å². The molecule has 1 aliphatic carbocycles. The van der Waals surface area contributed by atoms with Gasteiger partial charge in [0, 0.05) is 56.3 Å². The second-order valence-corrected chi connectivity index (χ2v) is 13.0. The second kappa shape index (κ2) is 17.5. The van der Waals surface area contributed by atoms with E-state index in [9.17, 15) is 14.7 Å². The van der Waals surface area contributed by atoms with Crippen molar-refractivity contribution in [2.45, 2.75) is 103 Å². The predicted octanol–water partition coefficient (Wildman–Crippen LogP) is 5.46. The van der Waals surface area contributed by atoms with Crippen molar-refractivity contribution in [2.24, 2.45) is 5.92 Å². The van der Waals surface area contributed by atoms with Crippen LogP contribution in [0.1, 0.15) is 88.1 Å². The molecular formula is C35H53N5O5. The Morgan fingerprint density at radius 1 is 1.09 bits per heavy atom. The van der Waals surface area contributed by atoms with Crippen LogP contribution in [0.3, 0.4) is 0 Å². The van der Waals surface area contributed by atoms with E-state index in [-0.39, 0.29) is 42.7 Å². The minimum atomic E-state index is -0.431. The molecular weight excluding hydrogens is 570 g/mol. The maximum Gasteiger partial charge on any atom is 0.319 e. The fourth-order valence-electron chi connectivity index (χ4n) is 6.23. The molecule has 4 atom stereocenters. The maximum atomic E-state index is 14.3. The number of likely N-dealkylation sites (N-methyl/N-ethyl adjacent to an activating group) is 1. The molecule has 10 heteroatoms. The van der Waals surface area contributed by atoms with Gasteiger partial charge in [0.15, 0.2) is 0 Å². The Hall–Kier alpha value is -3.21. The first-order chi connectivity index (χ1) is 21.7. The number of nitrogens with one attached hydrogen (secondary N) is 2. The third-order valence-electron chi connectivity index (χ3n) is 8.94. The first-order valence-corrected chi connectivity index (χ1v) is 16.7. The summed E-state index contributed by atoms with van der Waals surface area (Å²) in [5, 5.41) is 16.2. The van der Waals surface area contributed by atoms with Gasteiger partial charge in [0.25, 0.3) is 5.91 Å². The Labute approximate surface area is 268 Å². The molecule has 2 aliphatic rings. The molecule has 2 heterocycles. The summed E-state index contributed by atoms with van der Waals surface area (Å²) in [6.07, 6.45) is 11.5. The van der Waals surface area contributed by atoms with Gasteiger partial charge in [0.1, 0.15) is 5.75 Å². The number of hydrogen-bond acceptors (Lipinski definition) is 7. The molecule has 45 heavy (non-hydrogen) atoms. The van der Waals surface area contributed by atoms with Crippen LogP contribution in [-0.4, -0.2) is 89.5 Å². The molecule has 0 unspecified atom stereocenters. The van der Waals surface area contributed by atoms with Crippen LogP contribution < -0.4 is 15.4 Å². The van der Waals surface area contributed by atoms with Crippen molar-refractivity contribution in [3.05, 3.63) is 53.9 Å². The van der Waals surface area contributed by atoms with Crippen LogP contribution in [0.25, 0.3) is 0 Å². The van der Waals surface area contributed by atoms with E-state index in [2.05, 4.69) is 34.5 Å². The van der Waals surface area contributed by atoms with E-state index in [1.807, 2.05) is 26.0 Å². The molecule has 0 saturated heterocycles. The molecule has 0 spiro atoms. The van der Waals surface area contributed by atoms with E-state index < -0.39 is 6.04 Å². The molecule has 1 aliphatic heterocycles. The number of amides is 3. The van der Waals surface area contributed by atoms with Crippen molar-refractivity contribution in [1.29, 1.82) is 0 Å². The van der Waals surface area contributed by atoms with Crippen LogP contribution >= 0.6 is 0 Å². The molecule has 2 aromatic rings. The molecule has 248 valence electrons. The Kier molecular flexibility index (Phi) is 13.5. The van der Waals surface area contributed by atoms with Crippen molar-refractivity contribution in [2.75, 3.05) is 38.7 Å². The molecule has 10 nitrogen and oxygen atoms in total. The minimum absolute atomic E-state index is 0.0170. The van der Waals surface area contributed by atoms with Gasteiger partial charge in [-0.05, 0) is 88.9 Å². The summed E-state index contributed by atoms with van der Waals surface area (Å²) in [6, 6.07) is 8.76. The highest BCUT2D eigenvalue weighted by molar-refractivity contribution is 5.99. The molecule has 3 N–H and O–H groups in total. The van der Waals surface area contributed by atoms with E-state index in [1.54, 1.807) is 35.5 Å². The Morgan fingerprint density at radius 2 is 1.82 bits per heavy atom. The van der Waals surface area contributed by atoms with E-state index in [0.29, 0.717) is 36.7 Å². The number of anilines is 1. The molecule has 3 amide bonds. The van der Waals surface area contributed by atoms with Crippen LogP contribution in [0.4, 0.5) is 10.5 Å². The highest BCUT2D eigenvalue weighted by Crippen LogP contribution is 2.29. The molecule has 1 fully saturated rings. The van der Waals surface area contributed by atoms with Gasteiger partial charge in [-0.3, -0.25) is 14.7 Å². The Morgan fingerprint density at radius 3 is 2.56 bits per heavy atom. The van der Waals surface area contributed by atoms with Crippen LogP contribution in [0.15, 0.2) is 42.7 Å². The zero-order chi connectivity index (χ0) is 32.2. The van der Waals surface area contributed by atoms with Crippen molar-refractivity contribution in [1.82, 2.24) is 20.1 Å². The van der Waals surface area contributed by atoms with Gasteiger partial charge in [-0.1, -0.05) is 26.2 Å². The number of carbonyl (C=O) groups excluding carboxylic acids is 2. The third-order valence-corrected chi connectivity index (χ3v) is 8.94. The molecule has 0 bridgehead atoms. The fourth-order valence-corrected chi connectivity index (χ4v) is 6.23. The van der Waals surface area contributed by atoms with Gasteiger partial charge in [-0.25, -0.2) is 4.79 Å². The molecule has 1 aromatic carbocycles. The van der Waals surface area contributed by atoms with Crippen LogP contribution in [0.5, 0.6) is 5.75 Å². The zero-order valence-corrected chi connectivity index (χ0v) is 27.5. The summed E-state index contributed by atoms with van der Waals surface area (Å²) in [7, 11) is 2.08. The van der Waals surface area contributed by atoms with Gasteiger partial charge < -0.3 is 30.1 Å². The lowest BCUT2D eigenvalue weighted by molar-refractivity contribution is -0.0177. The lowest BCUT2D eigenvalue weighted by Gasteiger charge is -2.36. The normalized spacial score (nSPS) is 23.0. The number of pyridine rings is 1. The summed E-state index contributed by atoms with van der Waals surface area (Å²) < 4.78 is 12.8. The number of aromatic nitrogens is 1. The standard InChI is InChI=1S/C35H53N5O5/c1-25-21-40(26(2)24-41)34(42)31-20-30(38-35(43)37-29-11-6-5-7-12-29)13-14-32(31)45-27(3)10-8-9-19-44-33(25)23-39(4)22-28-15-17-36-18-16-28/h13-18,20,25-27,29,33,41H,5-12,19,21-24H2,1-4H3,(H2,37,38,43)/t25-,26+,27-,33-/m1/s1. The topological polar surface area (TPSA) is 116 Å². The number of rotatable bonds is 8. The number of aliphatic hydroxyl groups is 1. The lowest BCUT2D eigenvalue weighted by atomic mass is 9.96. The number of nitrogens with zero attached hydrogens (tertiary/aromatic N) is 3. The average molecular weight is 624 g/mol. The van der Waals surface area contributed by atoms with Gasteiger partial charge in [-0.2, -0.15) is 0 Å². The van der Waals surface area contributed by atoms with Crippen LogP contribution in [-0.2, 0) is 11.3 Å². The zero-order valence-electron chi connectivity index (χ0n) is 27.5. The predicted molar refractivity (Wildman–Crippen MR) is 176 cm³/mol. The fraction of sp³-hybridized carbons (Fsp3) is 0.629. The summed E-state index contributed by atoms with van der Waals surface area (Å²) in [5.74, 6) is 0.218. The average Bonchev–Trinajstić information content (AvgIpc) is 3.03. The number of aliphatic hydroxyl groups excluding tert-OH is 1. The maximum absolute atomic E-state index is 14.3. The summed E-state index contributed by atoms with van der Waals surface area (Å²) in [5.41, 5.74) is 2.07. The molecule has 0 radical (unpaired) electrons. The highest BCUT2D eigenvalue weighted by atomic mass is 16.5. The lowest BCUT2D eigenvalue weighted by Crippen LogP contribution is -2.47. The molecule has 1 aromatic heterocycles. The third kappa shape index (κ3) is 10.7. The van der Waals surface area contributed by atoms with Crippen molar-refractivity contribution >= 4 is 17.6 Å². The first-order valence-electron chi connectivity index (χ1n) is 16.7. The number of urea groups is 1. The van der Waals surface area contributed by atoms with Crippen molar-refractivity contribution in [3.63, 3.8) is 0 Å². The Bertz CT molecular complexity index is 1210. The number of hydrogen-bond donors (Lipinski definition) is 3. The Balaban J connectivity index is 1.56. The quantitative estimate of drug-likeness (QED) is 0.358.